The van der Waals surface area contributed by atoms with Crippen molar-refractivity contribution < 1.29 is 0 Å². The van der Waals surface area contributed by atoms with E-state index in [1.807, 2.05) is 38.1 Å². The number of fused-ring (bicyclic) bond motifs is 6. The first-order valence-corrected chi connectivity index (χ1v) is 24.0. The molecule has 3 nitrogen and oxygen atoms in total. The Balaban J connectivity index is 0.00000117. The van der Waals surface area contributed by atoms with Gasteiger partial charge in [0.2, 0.25) is 0 Å². The van der Waals surface area contributed by atoms with Gasteiger partial charge in [-0.1, -0.05) is 197 Å². The van der Waals surface area contributed by atoms with E-state index in [-0.39, 0.29) is 10.8 Å². The molecule has 0 unspecified atom stereocenters. The van der Waals surface area contributed by atoms with Crippen molar-refractivity contribution in [2.24, 2.45) is 0 Å². The Morgan fingerprint density at radius 3 is 1.64 bits per heavy atom. The van der Waals surface area contributed by atoms with Crippen molar-refractivity contribution in [2.45, 2.75) is 79.6 Å². The second kappa shape index (κ2) is 18.9. The van der Waals surface area contributed by atoms with Crippen molar-refractivity contribution in [1.29, 1.82) is 0 Å². The van der Waals surface area contributed by atoms with Crippen molar-refractivity contribution in [3.8, 4) is 11.1 Å². The zero-order valence-electron chi connectivity index (χ0n) is 41.0. The zero-order valence-corrected chi connectivity index (χ0v) is 41.0. The Kier molecular flexibility index (Phi) is 13.0. The van der Waals surface area contributed by atoms with Gasteiger partial charge in [0.1, 0.15) is 0 Å². The van der Waals surface area contributed by atoms with Crippen LogP contribution in [0.3, 0.4) is 0 Å². The van der Waals surface area contributed by atoms with Crippen molar-refractivity contribution in [3.05, 3.63) is 240 Å². The molecule has 67 heavy (non-hydrogen) atoms. The monoisotopic (exact) mass is 876 g/mol. The van der Waals surface area contributed by atoms with Crippen molar-refractivity contribution in [3.63, 3.8) is 0 Å². The number of anilines is 6. The van der Waals surface area contributed by atoms with Gasteiger partial charge in [-0.15, -0.1) is 0 Å². The highest BCUT2D eigenvalue weighted by molar-refractivity contribution is 6.04. The maximum Gasteiger partial charge on any atom is 0.0703 e. The Bertz CT molecular complexity index is 3120. The highest BCUT2D eigenvalue weighted by atomic mass is 15.3. The minimum Gasteiger partial charge on any atom is -0.310 e. The molecule has 10 rings (SSSR count). The molecule has 0 N–H and O–H groups in total. The molecule has 0 saturated heterocycles. The third-order valence-electron chi connectivity index (χ3n) is 13.7. The summed E-state index contributed by atoms with van der Waals surface area (Å²) >= 11 is 0. The summed E-state index contributed by atoms with van der Waals surface area (Å²) in [5.74, 6) is 0. The van der Waals surface area contributed by atoms with Crippen molar-refractivity contribution in [2.75, 3.05) is 14.7 Å². The lowest BCUT2D eigenvalue weighted by atomic mass is 9.73. The smallest absolute Gasteiger partial charge is 0.0703 e. The predicted octanol–water partition coefficient (Wildman–Crippen LogP) is 18.5. The summed E-state index contributed by atoms with van der Waals surface area (Å²) in [5.41, 5.74) is 19.8. The third kappa shape index (κ3) is 7.77. The molecule has 3 heteroatoms. The average molecular weight is 876 g/mol. The number of nitrogens with zero attached hydrogens (tertiary/aromatic N) is 3. The predicted molar refractivity (Wildman–Crippen MR) is 293 cm³/mol. The van der Waals surface area contributed by atoms with E-state index in [2.05, 4.69) is 241 Å². The van der Waals surface area contributed by atoms with E-state index in [9.17, 15) is 0 Å². The first kappa shape index (κ1) is 46.2. The Morgan fingerprint density at radius 1 is 0.448 bits per heavy atom. The van der Waals surface area contributed by atoms with Crippen LogP contribution in [0.15, 0.2) is 212 Å². The molecular weight excluding hydrogens is 811 g/mol. The number of para-hydroxylation sites is 4. The van der Waals surface area contributed by atoms with Gasteiger partial charge in [-0.3, -0.25) is 0 Å². The van der Waals surface area contributed by atoms with Gasteiger partial charge < -0.3 is 14.7 Å². The molecule has 2 heterocycles. The van der Waals surface area contributed by atoms with Crippen molar-refractivity contribution >= 4 is 57.0 Å². The topological polar surface area (TPSA) is 9.72 Å². The quantitative estimate of drug-likeness (QED) is 0.141. The van der Waals surface area contributed by atoms with E-state index in [1.165, 1.54) is 56.4 Å². The minimum atomic E-state index is -0.192. The summed E-state index contributed by atoms with van der Waals surface area (Å²) in [5, 5.41) is 2.34. The minimum absolute atomic E-state index is 0.0895. The maximum absolute atomic E-state index is 4.32. The van der Waals surface area contributed by atoms with E-state index in [1.54, 1.807) is 0 Å². The molecule has 3 aliphatic rings. The molecule has 7 aromatic rings. The van der Waals surface area contributed by atoms with Crippen molar-refractivity contribution in [1.82, 2.24) is 0 Å². The average Bonchev–Trinajstić information content (AvgIpc) is 3.58. The number of hydrogen-bond acceptors (Lipinski definition) is 3. The van der Waals surface area contributed by atoms with Gasteiger partial charge in [-0.2, -0.15) is 0 Å². The van der Waals surface area contributed by atoms with Crippen LogP contribution in [-0.4, -0.2) is 0 Å². The van der Waals surface area contributed by atoms with Crippen LogP contribution in [0.5, 0.6) is 0 Å². The molecule has 1 aliphatic carbocycles. The van der Waals surface area contributed by atoms with Crippen LogP contribution in [0, 0.1) is 0 Å². The van der Waals surface area contributed by atoms with Crippen LogP contribution in [0.2, 0.25) is 0 Å². The molecule has 2 aliphatic heterocycles. The van der Waals surface area contributed by atoms with E-state index >= 15 is 0 Å². The first-order chi connectivity index (χ1) is 32.5. The van der Waals surface area contributed by atoms with Gasteiger partial charge in [0, 0.05) is 33.3 Å². The lowest BCUT2D eigenvalue weighted by Gasteiger charge is -2.42. The van der Waals surface area contributed by atoms with Crippen LogP contribution in [0.4, 0.5) is 34.1 Å². The number of rotatable bonds is 8. The molecule has 0 spiro atoms. The fourth-order valence-electron chi connectivity index (χ4n) is 10.2. The van der Waals surface area contributed by atoms with Gasteiger partial charge in [-0.25, -0.2) is 0 Å². The lowest BCUT2D eigenvalue weighted by molar-refractivity contribution is 0.605. The Morgan fingerprint density at radius 2 is 0.970 bits per heavy atom. The molecule has 0 fully saturated rings. The molecule has 336 valence electrons. The van der Waals surface area contributed by atoms with Crippen LogP contribution >= 0.6 is 0 Å². The van der Waals surface area contributed by atoms with Crippen LogP contribution < -0.4 is 14.7 Å². The summed E-state index contributed by atoms with van der Waals surface area (Å²) in [6.07, 6.45) is 11.7. The summed E-state index contributed by atoms with van der Waals surface area (Å²) < 4.78 is 0. The molecule has 0 bridgehead atoms. The molecule has 0 atom stereocenters. The van der Waals surface area contributed by atoms with Crippen LogP contribution in [0.1, 0.15) is 96.6 Å². The van der Waals surface area contributed by atoms with E-state index in [0.29, 0.717) is 0 Å². The largest absolute Gasteiger partial charge is 0.310 e. The molecule has 0 aromatic heterocycles. The van der Waals surface area contributed by atoms with Gasteiger partial charge in [0.05, 0.1) is 34.1 Å². The molecule has 7 aromatic carbocycles. The zero-order chi connectivity index (χ0) is 47.6. The molecular formula is C64H65N3. The van der Waals surface area contributed by atoms with Gasteiger partial charge in [-0.05, 0) is 124 Å². The molecule has 0 radical (unpaired) electrons. The van der Waals surface area contributed by atoms with E-state index < -0.39 is 0 Å². The summed E-state index contributed by atoms with van der Waals surface area (Å²) in [7, 11) is 0. The van der Waals surface area contributed by atoms with E-state index in [4.69, 9.17) is 0 Å². The maximum atomic E-state index is 4.32. The lowest BCUT2D eigenvalue weighted by Crippen LogP contribution is -2.33. The van der Waals surface area contributed by atoms with Gasteiger partial charge >= 0.3 is 0 Å². The molecule has 0 amide bonds. The highest BCUT2D eigenvalue weighted by Gasteiger charge is 2.39. The molecule has 0 saturated carbocycles. The van der Waals surface area contributed by atoms with Gasteiger partial charge in [0.25, 0.3) is 0 Å². The van der Waals surface area contributed by atoms with Gasteiger partial charge in [0.15, 0.2) is 0 Å². The van der Waals surface area contributed by atoms with E-state index in [0.717, 1.165) is 56.5 Å². The summed E-state index contributed by atoms with van der Waals surface area (Å²) in [4.78, 5) is 7.01. The Labute approximate surface area is 400 Å². The van der Waals surface area contributed by atoms with Crippen LogP contribution in [0.25, 0.3) is 34.1 Å². The first-order valence-electron chi connectivity index (χ1n) is 24.0. The Hall–Kier alpha value is -7.36. The fraction of sp³-hybridized carbons (Fsp3) is 0.188. The normalized spacial score (nSPS) is 15.1. The SMILES string of the molecule is C=CC1=C(C=C)N(c2cccc3c(/C=C/c4ccc5c(c4)C(C)(C)c4cc(N6C(C=C)=C(C)C(C)(C)c7ccccc76)ccc4-5)cccc23)c2ccccc2N1c1ccccc1.CC.CCC. The third-order valence-corrected chi connectivity index (χ3v) is 13.7. The summed E-state index contributed by atoms with van der Waals surface area (Å²) in [6, 6.07) is 55.0. The second-order valence-electron chi connectivity index (χ2n) is 18.3. The standard InChI is InChI=1S/C59H51N3.C3H8.C2H6/c1-9-51-39(4)58(5,6)48-26-15-16-27-55(48)61(51)43-34-36-46-45-35-32-40(37-49(45)59(7,8)50(46)38-43)31-33-41-21-19-25-47-44(41)24-20-30-54(47)62-53(11-3)52(10-2)60(42-22-13-12-14-23-42)56-28-17-18-29-57(56)62;1-3-2;1-2/h9-38H,1-3H2,4-8H3;3H2,1-2H3;1-2H3/b33-31+;;. The fourth-order valence-corrected chi connectivity index (χ4v) is 10.2. The number of allylic oxidation sites excluding steroid dienone is 4. The number of benzene rings is 7. The summed E-state index contributed by atoms with van der Waals surface area (Å²) in [6.45, 7) is 32.8. The van der Waals surface area contributed by atoms with Crippen LogP contribution in [-0.2, 0) is 10.8 Å². The second-order valence-corrected chi connectivity index (χ2v) is 18.3. The highest BCUT2D eigenvalue weighted by Crippen LogP contribution is 2.54. The number of hydrogen-bond donors (Lipinski definition) is 0.